The van der Waals surface area contributed by atoms with E-state index in [1.807, 2.05) is 0 Å². The quantitative estimate of drug-likeness (QED) is 0.892. The van der Waals surface area contributed by atoms with Crippen molar-refractivity contribution in [3.05, 3.63) is 29.8 Å². The van der Waals surface area contributed by atoms with Gasteiger partial charge < -0.3 is 5.32 Å². The van der Waals surface area contributed by atoms with Crippen molar-refractivity contribution >= 4 is 17.7 Å². The van der Waals surface area contributed by atoms with Gasteiger partial charge in [-0.2, -0.15) is 0 Å². The fraction of sp³-hybridized carbons (Fsp3) is 0.562. The molecule has 3 heteroatoms. The first-order chi connectivity index (χ1) is 8.97. The summed E-state index contributed by atoms with van der Waals surface area (Å²) in [6.07, 6.45) is 3.22. The highest BCUT2D eigenvalue weighted by Crippen LogP contribution is 2.30. The molecule has 1 saturated heterocycles. The summed E-state index contributed by atoms with van der Waals surface area (Å²) in [5, 5.41) is 3.06. The molecule has 1 aromatic rings. The van der Waals surface area contributed by atoms with Crippen molar-refractivity contribution in [2.45, 2.75) is 55.6 Å². The highest BCUT2D eigenvalue weighted by molar-refractivity contribution is 8.00. The molecule has 2 nitrogen and oxygen atoms in total. The number of carbonyl (C=O) groups excluding carboxylic acids is 1. The molecule has 0 radical (unpaired) electrons. The first kappa shape index (κ1) is 14.4. The molecule has 1 amide bonds. The van der Waals surface area contributed by atoms with E-state index in [2.05, 4.69) is 50.4 Å². The second kappa shape index (κ2) is 6.00. The summed E-state index contributed by atoms with van der Waals surface area (Å²) in [7, 11) is 0. The van der Waals surface area contributed by atoms with E-state index in [1.165, 1.54) is 10.5 Å². The average molecular weight is 277 g/mol. The molecule has 0 aromatic heterocycles. The lowest BCUT2D eigenvalue weighted by Crippen LogP contribution is -2.30. The van der Waals surface area contributed by atoms with Crippen molar-refractivity contribution in [2.75, 3.05) is 6.54 Å². The van der Waals surface area contributed by atoms with Gasteiger partial charge in [-0.25, -0.2) is 0 Å². The molecule has 104 valence electrons. The van der Waals surface area contributed by atoms with Crippen molar-refractivity contribution in [3.8, 4) is 0 Å². The maximum absolute atomic E-state index is 11.9. The summed E-state index contributed by atoms with van der Waals surface area (Å²) >= 11 is 1.69. The van der Waals surface area contributed by atoms with E-state index in [9.17, 15) is 4.79 Å². The van der Waals surface area contributed by atoms with Crippen LogP contribution in [0.2, 0.25) is 0 Å². The van der Waals surface area contributed by atoms with Crippen LogP contribution in [0.1, 0.15) is 45.6 Å². The molecular weight excluding hydrogens is 254 g/mol. The fourth-order valence-electron chi connectivity index (χ4n) is 2.22. The number of hydrogen-bond donors (Lipinski definition) is 1. The molecule has 1 atom stereocenters. The number of hydrogen-bond acceptors (Lipinski definition) is 2. The number of nitrogens with one attached hydrogen (secondary N) is 1. The van der Waals surface area contributed by atoms with Crippen LogP contribution >= 0.6 is 11.8 Å². The third-order valence-corrected chi connectivity index (χ3v) is 4.76. The molecule has 1 N–H and O–H groups in total. The normalized spacial score (nSPS) is 20.8. The summed E-state index contributed by atoms with van der Waals surface area (Å²) < 4.78 is 0. The topological polar surface area (TPSA) is 29.1 Å². The molecule has 1 unspecified atom stereocenters. The predicted molar refractivity (Wildman–Crippen MR) is 81.6 cm³/mol. The van der Waals surface area contributed by atoms with Crippen LogP contribution in [0.3, 0.4) is 0 Å². The summed E-state index contributed by atoms with van der Waals surface area (Å²) in [5.74, 6) is 0.197. The van der Waals surface area contributed by atoms with Gasteiger partial charge in [-0.05, 0) is 36.0 Å². The van der Waals surface area contributed by atoms with Crippen LogP contribution < -0.4 is 5.32 Å². The van der Waals surface area contributed by atoms with Crippen molar-refractivity contribution < 1.29 is 4.79 Å². The molecule has 1 aliphatic rings. The molecule has 0 bridgehead atoms. The second-order valence-electron chi connectivity index (χ2n) is 6.17. The monoisotopic (exact) mass is 277 g/mol. The smallest absolute Gasteiger partial charge is 0.233 e. The van der Waals surface area contributed by atoms with Gasteiger partial charge in [0.2, 0.25) is 5.91 Å². The van der Waals surface area contributed by atoms with Crippen molar-refractivity contribution in [1.29, 1.82) is 0 Å². The van der Waals surface area contributed by atoms with E-state index in [-0.39, 0.29) is 16.6 Å². The van der Waals surface area contributed by atoms with E-state index in [4.69, 9.17) is 0 Å². The number of amides is 1. The summed E-state index contributed by atoms with van der Waals surface area (Å²) in [6, 6.07) is 8.64. The Bertz CT molecular complexity index is 433. The second-order valence-corrected chi connectivity index (χ2v) is 7.44. The molecular formula is C16H23NOS. The minimum Gasteiger partial charge on any atom is -0.355 e. The zero-order valence-electron chi connectivity index (χ0n) is 12.0. The summed E-state index contributed by atoms with van der Waals surface area (Å²) in [4.78, 5) is 13.1. The van der Waals surface area contributed by atoms with E-state index in [0.29, 0.717) is 0 Å². The van der Waals surface area contributed by atoms with Gasteiger partial charge in [0.1, 0.15) is 0 Å². The Morgan fingerprint density at radius 2 is 1.84 bits per heavy atom. The lowest BCUT2D eigenvalue weighted by Gasteiger charge is -2.19. The Morgan fingerprint density at radius 3 is 2.47 bits per heavy atom. The van der Waals surface area contributed by atoms with Gasteiger partial charge in [0.25, 0.3) is 0 Å². The van der Waals surface area contributed by atoms with Gasteiger partial charge in [0, 0.05) is 11.4 Å². The Morgan fingerprint density at radius 1 is 1.16 bits per heavy atom. The third kappa shape index (κ3) is 4.00. The summed E-state index contributed by atoms with van der Waals surface area (Å²) in [6.45, 7) is 7.48. The first-order valence-corrected chi connectivity index (χ1v) is 7.90. The molecule has 1 heterocycles. The van der Waals surface area contributed by atoms with Gasteiger partial charge in [0.05, 0.1) is 5.25 Å². The Kier molecular flexibility index (Phi) is 4.56. The number of benzene rings is 1. The lowest BCUT2D eigenvalue weighted by molar-refractivity contribution is -0.120. The van der Waals surface area contributed by atoms with Crippen LogP contribution in [-0.4, -0.2) is 17.7 Å². The van der Waals surface area contributed by atoms with Crippen molar-refractivity contribution in [3.63, 3.8) is 0 Å². The van der Waals surface area contributed by atoms with Crippen LogP contribution in [0.4, 0.5) is 0 Å². The average Bonchev–Trinajstić information content (AvgIpc) is 2.55. The van der Waals surface area contributed by atoms with Crippen LogP contribution in [-0.2, 0) is 10.2 Å². The minimum atomic E-state index is 0.0722. The van der Waals surface area contributed by atoms with Crippen molar-refractivity contribution in [2.24, 2.45) is 0 Å². The Hall–Kier alpha value is -0.960. The molecule has 0 saturated carbocycles. The molecule has 0 aliphatic carbocycles. The first-order valence-electron chi connectivity index (χ1n) is 7.02. The van der Waals surface area contributed by atoms with Gasteiger partial charge in [0.15, 0.2) is 0 Å². The standard InChI is InChI=1S/C16H23NOS/c1-16(2,3)12-7-9-13(10-8-12)19-14-6-4-5-11-17-15(14)18/h7-10,14H,4-6,11H2,1-3H3,(H,17,18). The molecule has 1 aliphatic heterocycles. The third-order valence-electron chi connectivity index (χ3n) is 3.48. The predicted octanol–water partition coefficient (Wildman–Crippen LogP) is 3.74. The molecule has 1 fully saturated rings. The molecule has 1 aromatic carbocycles. The van der Waals surface area contributed by atoms with Crippen LogP contribution in [0.15, 0.2) is 29.2 Å². The van der Waals surface area contributed by atoms with Crippen LogP contribution in [0.5, 0.6) is 0 Å². The maximum atomic E-state index is 11.9. The highest BCUT2D eigenvalue weighted by atomic mass is 32.2. The Labute approximate surface area is 120 Å². The Balaban J connectivity index is 2.04. The van der Waals surface area contributed by atoms with Gasteiger partial charge in [-0.15, -0.1) is 11.8 Å². The molecule has 0 spiro atoms. The fourth-order valence-corrected chi connectivity index (χ4v) is 3.32. The van der Waals surface area contributed by atoms with Crippen LogP contribution in [0, 0.1) is 0 Å². The minimum absolute atomic E-state index is 0.0722. The zero-order chi connectivity index (χ0) is 13.9. The van der Waals surface area contributed by atoms with Crippen molar-refractivity contribution in [1.82, 2.24) is 5.32 Å². The maximum Gasteiger partial charge on any atom is 0.233 e. The number of rotatable bonds is 2. The van der Waals surface area contributed by atoms with Gasteiger partial charge >= 0.3 is 0 Å². The SMILES string of the molecule is CC(C)(C)c1ccc(SC2CCCCNC2=O)cc1. The van der Waals surface area contributed by atoms with E-state index in [0.717, 1.165) is 25.8 Å². The van der Waals surface area contributed by atoms with Crippen LogP contribution in [0.25, 0.3) is 0 Å². The largest absolute Gasteiger partial charge is 0.355 e. The molecule has 19 heavy (non-hydrogen) atoms. The molecule has 2 rings (SSSR count). The van der Waals surface area contributed by atoms with E-state index in [1.54, 1.807) is 11.8 Å². The lowest BCUT2D eigenvalue weighted by atomic mass is 9.87. The van der Waals surface area contributed by atoms with E-state index >= 15 is 0 Å². The van der Waals surface area contributed by atoms with Gasteiger partial charge in [-0.3, -0.25) is 4.79 Å². The summed E-state index contributed by atoms with van der Waals surface area (Å²) in [5.41, 5.74) is 1.52. The van der Waals surface area contributed by atoms with Gasteiger partial charge in [-0.1, -0.05) is 39.3 Å². The number of thioether (sulfide) groups is 1. The van der Waals surface area contributed by atoms with E-state index < -0.39 is 0 Å². The zero-order valence-corrected chi connectivity index (χ0v) is 12.8. The highest BCUT2D eigenvalue weighted by Gasteiger charge is 2.22. The number of carbonyl (C=O) groups is 1.